The summed E-state index contributed by atoms with van der Waals surface area (Å²) < 4.78 is 11.7. The van der Waals surface area contributed by atoms with Crippen molar-refractivity contribution in [1.29, 1.82) is 0 Å². The van der Waals surface area contributed by atoms with Crippen LogP contribution in [0.15, 0.2) is 72.8 Å². The number of imide groups is 1. The molecular weight excluding hydrogens is 572 g/mol. The molecule has 0 spiro atoms. The first-order chi connectivity index (χ1) is 21.9. The average molecular weight is 613 g/mol. The lowest BCUT2D eigenvalue weighted by Crippen LogP contribution is -2.40. The molecule has 3 aromatic rings. The number of ether oxygens (including phenoxy) is 2. The molecular formula is C36H40N2O7. The Morgan fingerprint density at radius 3 is 2.04 bits per heavy atom. The molecule has 1 heterocycles. The van der Waals surface area contributed by atoms with Gasteiger partial charge in [0.05, 0.1) is 6.61 Å². The Morgan fingerprint density at radius 1 is 0.800 bits per heavy atom. The molecule has 3 amide bonds. The van der Waals surface area contributed by atoms with Gasteiger partial charge in [0.15, 0.2) is 0 Å². The number of hydrogen-bond acceptors (Lipinski definition) is 7. The van der Waals surface area contributed by atoms with E-state index in [1.54, 1.807) is 0 Å². The second-order valence-electron chi connectivity index (χ2n) is 11.5. The van der Waals surface area contributed by atoms with Crippen LogP contribution in [0.5, 0.6) is 5.75 Å². The molecule has 1 aliphatic carbocycles. The van der Waals surface area contributed by atoms with E-state index < -0.39 is 30.4 Å². The predicted molar refractivity (Wildman–Crippen MR) is 168 cm³/mol. The van der Waals surface area contributed by atoms with Crippen LogP contribution < -0.4 is 4.74 Å². The van der Waals surface area contributed by atoms with Crippen LogP contribution in [0.2, 0.25) is 0 Å². The monoisotopic (exact) mass is 612 g/mol. The quantitative estimate of drug-likeness (QED) is 0.138. The average Bonchev–Trinajstić information content (AvgIpc) is 3.55. The topological polar surface area (TPSA) is 102 Å². The van der Waals surface area contributed by atoms with Crippen LogP contribution in [0, 0.1) is 0 Å². The molecule has 0 aromatic heterocycles. The highest BCUT2D eigenvalue weighted by Gasteiger charge is 2.34. The Kier molecular flexibility index (Phi) is 10.8. The SMILES string of the molecule is CCCCCCCCOc1ccc(CN(CC(=O)ON2C(=O)CCC2=O)C(=O)OCC2c3ccccc3-c3ccccc32)cc1. The highest BCUT2D eigenvalue weighted by Crippen LogP contribution is 2.44. The normalized spacial score (nSPS) is 13.8. The molecule has 3 aromatic carbocycles. The van der Waals surface area contributed by atoms with Gasteiger partial charge in [0.2, 0.25) is 0 Å². The van der Waals surface area contributed by atoms with Crippen molar-refractivity contribution in [2.24, 2.45) is 0 Å². The number of hydrogen-bond donors (Lipinski definition) is 0. The lowest BCUT2D eigenvalue weighted by molar-refractivity contribution is -0.197. The van der Waals surface area contributed by atoms with E-state index in [-0.39, 0.29) is 31.9 Å². The minimum Gasteiger partial charge on any atom is -0.494 e. The van der Waals surface area contributed by atoms with Gasteiger partial charge in [0.25, 0.3) is 11.8 Å². The fourth-order valence-electron chi connectivity index (χ4n) is 5.80. The minimum atomic E-state index is -0.911. The van der Waals surface area contributed by atoms with Crippen molar-refractivity contribution in [3.63, 3.8) is 0 Å². The molecule has 1 fully saturated rings. The molecule has 236 valence electrons. The van der Waals surface area contributed by atoms with E-state index in [9.17, 15) is 19.2 Å². The smallest absolute Gasteiger partial charge is 0.410 e. The van der Waals surface area contributed by atoms with Crippen molar-refractivity contribution >= 4 is 23.9 Å². The Morgan fingerprint density at radius 2 is 1.40 bits per heavy atom. The summed E-state index contributed by atoms with van der Waals surface area (Å²) in [7, 11) is 0. The van der Waals surface area contributed by atoms with Crippen LogP contribution in [-0.2, 0) is 30.5 Å². The first-order valence-corrected chi connectivity index (χ1v) is 15.8. The number of fused-ring (bicyclic) bond motifs is 3. The lowest BCUT2D eigenvalue weighted by atomic mass is 9.98. The van der Waals surface area contributed by atoms with Crippen molar-refractivity contribution in [1.82, 2.24) is 9.96 Å². The minimum absolute atomic E-state index is 0.0184. The zero-order valence-electron chi connectivity index (χ0n) is 25.7. The standard InChI is InChI=1S/C36H40N2O7/c1-2-3-4-5-6-11-22-43-27-18-16-26(17-19-27)23-37(24-35(41)45-38-33(39)20-21-34(38)40)36(42)44-25-32-30-14-9-7-12-28(30)29-13-8-10-15-31(29)32/h7-10,12-19,32H,2-6,11,20-25H2,1H3. The molecule has 0 bridgehead atoms. The molecule has 2 aliphatic rings. The third kappa shape index (κ3) is 8.09. The van der Waals surface area contributed by atoms with Crippen LogP contribution in [0.1, 0.15) is 80.9 Å². The number of nitrogens with zero attached hydrogens (tertiary/aromatic N) is 2. The zero-order chi connectivity index (χ0) is 31.6. The van der Waals surface area contributed by atoms with Crippen LogP contribution in [0.4, 0.5) is 4.79 Å². The van der Waals surface area contributed by atoms with Crippen molar-refractivity contribution in [3.8, 4) is 16.9 Å². The number of rotatable bonds is 15. The zero-order valence-corrected chi connectivity index (χ0v) is 25.7. The van der Waals surface area contributed by atoms with Gasteiger partial charge in [-0.3, -0.25) is 14.5 Å². The molecule has 45 heavy (non-hydrogen) atoms. The summed E-state index contributed by atoms with van der Waals surface area (Å²) in [6.07, 6.45) is 6.33. The Bertz CT molecular complexity index is 1440. The van der Waals surface area contributed by atoms with Gasteiger partial charge >= 0.3 is 12.1 Å². The third-order valence-corrected chi connectivity index (χ3v) is 8.18. The number of hydroxylamine groups is 2. The fourth-order valence-corrected chi connectivity index (χ4v) is 5.80. The number of benzene rings is 3. The van der Waals surface area contributed by atoms with Crippen LogP contribution >= 0.6 is 0 Å². The summed E-state index contributed by atoms with van der Waals surface area (Å²) in [5, 5.41) is 0.480. The number of carbonyl (C=O) groups is 4. The summed E-state index contributed by atoms with van der Waals surface area (Å²) in [5.41, 5.74) is 5.10. The molecule has 0 N–H and O–H groups in total. The van der Waals surface area contributed by atoms with Gasteiger partial charge in [-0.15, -0.1) is 5.06 Å². The second kappa shape index (κ2) is 15.4. The largest absolute Gasteiger partial charge is 0.494 e. The summed E-state index contributed by atoms with van der Waals surface area (Å²) >= 11 is 0. The maximum Gasteiger partial charge on any atom is 0.410 e. The molecule has 0 saturated carbocycles. The molecule has 1 aliphatic heterocycles. The predicted octanol–water partition coefficient (Wildman–Crippen LogP) is 6.78. The van der Waals surface area contributed by atoms with E-state index in [1.165, 1.54) is 30.6 Å². The maximum absolute atomic E-state index is 13.5. The molecule has 0 radical (unpaired) electrons. The number of carbonyl (C=O) groups excluding carboxylic acids is 4. The Hall–Kier alpha value is -4.66. The first kappa shape index (κ1) is 31.8. The highest BCUT2D eigenvalue weighted by atomic mass is 16.7. The van der Waals surface area contributed by atoms with E-state index in [4.69, 9.17) is 14.3 Å². The summed E-state index contributed by atoms with van der Waals surface area (Å²) in [4.78, 5) is 56.5. The van der Waals surface area contributed by atoms with Crippen molar-refractivity contribution < 1.29 is 33.5 Å². The van der Waals surface area contributed by atoms with Crippen LogP contribution in [-0.4, -0.2) is 53.6 Å². The van der Waals surface area contributed by atoms with Crippen LogP contribution in [0.3, 0.4) is 0 Å². The Labute approximate surface area is 264 Å². The molecule has 5 rings (SSSR count). The van der Waals surface area contributed by atoms with Crippen molar-refractivity contribution in [3.05, 3.63) is 89.5 Å². The van der Waals surface area contributed by atoms with Gasteiger partial charge in [-0.2, -0.15) is 0 Å². The maximum atomic E-state index is 13.5. The number of unbranched alkanes of at least 4 members (excludes halogenated alkanes) is 5. The van der Waals surface area contributed by atoms with Gasteiger partial charge in [0, 0.05) is 25.3 Å². The highest BCUT2D eigenvalue weighted by molar-refractivity contribution is 6.01. The van der Waals surface area contributed by atoms with Gasteiger partial charge in [-0.05, 0) is 46.4 Å². The summed E-state index contributed by atoms with van der Waals surface area (Å²) in [6, 6.07) is 23.4. The van der Waals surface area contributed by atoms with Crippen molar-refractivity contribution in [2.75, 3.05) is 19.8 Å². The lowest BCUT2D eigenvalue weighted by Gasteiger charge is -2.23. The molecule has 9 heteroatoms. The molecule has 9 nitrogen and oxygen atoms in total. The summed E-state index contributed by atoms with van der Waals surface area (Å²) in [6.45, 7) is 2.45. The van der Waals surface area contributed by atoms with E-state index >= 15 is 0 Å². The summed E-state index contributed by atoms with van der Waals surface area (Å²) in [5.74, 6) is -1.51. The van der Waals surface area contributed by atoms with Gasteiger partial charge in [-0.1, -0.05) is 99.7 Å². The molecule has 1 saturated heterocycles. The van der Waals surface area contributed by atoms with E-state index in [0.717, 1.165) is 46.4 Å². The number of amides is 3. The van der Waals surface area contributed by atoms with Gasteiger partial charge < -0.3 is 14.3 Å². The second-order valence-corrected chi connectivity index (χ2v) is 11.5. The van der Waals surface area contributed by atoms with Crippen LogP contribution in [0.25, 0.3) is 11.1 Å². The van der Waals surface area contributed by atoms with Gasteiger partial charge in [0.1, 0.15) is 18.9 Å². The first-order valence-electron chi connectivity index (χ1n) is 15.8. The fraction of sp³-hybridized carbons (Fsp3) is 0.389. The van der Waals surface area contributed by atoms with E-state index in [2.05, 4.69) is 19.1 Å². The van der Waals surface area contributed by atoms with Crippen molar-refractivity contribution in [2.45, 2.75) is 70.8 Å². The Balaban J connectivity index is 1.23. The molecule has 0 atom stereocenters. The van der Waals surface area contributed by atoms with Gasteiger partial charge in [-0.25, -0.2) is 9.59 Å². The van der Waals surface area contributed by atoms with E-state index in [1.807, 2.05) is 60.7 Å². The third-order valence-electron chi connectivity index (χ3n) is 8.18. The van der Waals surface area contributed by atoms with E-state index in [0.29, 0.717) is 11.7 Å². The molecule has 0 unspecified atom stereocenters.